The monoisotopic (exact) mass is 359 g/mol. The summed E-state index contributed by atoms with van der Waals surface area (Å²) in [5, 5.41) is 3.17. The zero-order valence-corrected chi connectivity index (χ0v) is 16.1. The van der Waals surface area contributed by atoms with Crippen LogP contribution in [0.3, 0.4) is 0 Å². The van der Waals surface area contributed by atoms with E-state index in [2.05, 4.69) is 55.6 Å². The second-order valence-corrected chi connectivity index (χ2v) is 8.10. The Morgan fingerprint density at radius 3 is 2.54 bits per heavy atom. The first-order valence-electron chi connectivity index (χ1n) is 9.82. The topological polar surface area (TPSA) is 47.2 Å². The Morgan fingerprint density at radius 2 is 1.88 bits per heavy atom. The van der Waals surface area contributed by atoms with Crippen molar-refractivity contribution in [1.29, 1.82) is 0 Å². The molecule has 1 saturated heterocycles. The molecule has 142 valence electrons. The summed E-state index contributed by atoms with van der Waals surface area (Å²) in [6.45, 7) is 11.4. The van der Waals surface area contributed by atoms with Crippen LogP contribution in [0.1, 0.15) is 25.8 Å². The van der Waals surface area contributed by atoms with Gasteiger partial charge in [-0.3, -0.25) is 4.79 Å². The van der Waals surface area contributed by atoms with E-state index in [1.54, 1.807) is 0 Å². The molecule has 0 bridgehead atoms. The molecular formula is C21H33N3O2+2. The van der Waals surface area contributed by atoms with Gasteiger partial charge in [0.15, 0.2) is 6.54 Å². The molecule has 1 unspecified atom stereocenters. The summed E-state index contributed by atoms with van der Waals surface area (Å²) in [5.41, 5.74) is 2.77. The van der Waals surface area contributed by atoms with Gasteiger partial charge in [-0.2, -0.15) is 0 Å². The van der Waals surface area contributed by atoms with E-state index < -0.39 is 0 Å². The van der Waals surface area contributed by atoms with Gasteiger partial charge in [-0.1, -0.05) is 30.3 Å². The maximum Gasteiger partial charge on any atom is 0.275 e. The van der Waals surface area contributed by atoms with Crippen LogP contribution in [-0.4, -0.2) is 63.9 Å². The van der Waals surface area contributed by atoms with Crippen LogP contribution in [0.25, 0.3) is 5.57 Å². The van der Waals surface area contributed by atoms with Gasteiger partial charge in [0.2, 0.25) is 0 Å². The van der Waals surface area contributed by atoms with Crippen LogP contribution >= 0.6 is 0 Å². The fourth-order valence-electron chi connectivity index (χ4n) is 3.89. The highest BCUT2D eigenvalue weighted by Gasteiger charge is 2.32. The predicted molar refractivity (Wildman–Crippen MR) is 103 cm³/mol. The summed E-state index contributed by atoms with van der Waals surface area (Å²) in [4.78, 5) is 15.3. The summed E-state index contributed by atoms with van der Waals surface area (Å²) >= 11 is 0. The third kappa shape index (κ3) is 5.16. The number of carbonyl (C=O) groups excluding carboxylic acids is 1. The quantitative estimate of drug-likeness (QED) is 0.621. The van der Waals surface area contributed by atoms with Crippen LogP contribution in [0.2, 0.25) is 0 Å². The maximum absolute atomic E-state index is 12.4. The molecular weight excluding hydrogens is 326 g/mol. The number of morpholine rings is 1. The second-order valence-electron chi connectivity index (χ2n) is 8.10. The highest BCUT2D eigenvalue weighted by molar-refractivity contribution is 5.77. The van der Waals surface area contributed by atoms with Crippen molar-refractivity contribution in [3.05, 3.63) is 42.0 Å². The Hall–Kier alpha value is -1.69. The molecule has 2 aliphatic heterocycles. The lowest BCUT2D eigenvalue weighted by atomic mass is 9.99. The van der Waals surface area contributed by atoms with E-state index in [9.17, 15) is 4.79 Å². The molecule has 26 heavy (non-hydrogen) atoms. The van der Waals surface area contributed by atoms with Crippen LogP contribution in [-0.2, 0) is 9.53 Å². The highest BCUT2D eigenvalue weighted by atomic mass is 16.5. The molecule has 1 fully saturated rings. The second kappa shape index (κ2) is 8.80. The van der Waals surface area contributed by atoms with Crippen molar-refractivity contribution in [2.45, 2.75) is 25.8 Å². The molecule has 0 aromatic heterocycles. The summed E-state index contributed by atoms with van der Waals surface area (Å²) in [6.07, 6.45) is 3.33. The lowest BCUT2D eigenvalue weighted by Crippen LogP contribution is -3.22. The molecule has 5 heteroatoms. The molecule has 1 atom stereocenters. The van der Waals surface area contributed by atoms with Gasteiger partial charge < -0.3 is 19.9 Å². The largest absolute Gasteiger partial charge is 0.370 e. The number of ether oxygens (including phenoxy) is 1. The van der Waals surface area contributed by atoms with Crippen LogP contribution in [0.15, 0.2) is 36.4 Å². The van der Waals surface area contributed by atoms with Crippen molar-refractivity contribution in [1.82, 2.24) is 5.32 Å². The number of quaternary nitrogens is 2. The fraction of sp³-hybridized carbons (Fsp3) is 0.571. The van der Waals surface area contributed by atoms with Crippen molar-refractivity contribution in [2.24, 2.45) is 0 Å². The summed E-state index contributed by atoms with van der Waals surface area (Å²) in [6, 6.07) is 10.6. The number of rotatable bonds is 6. The Morgan fingerprint density at radius 1 is 1.15 bits per heavy atom. The minimum absolute atomic E-state index is 0.0526. The molecule has 2 aliphatic rings. The van der Waals surface area contributed by atoms with E-state index in [1.165, 1.54) is 20.9 Å². The molecule has 3 N–H and O–H groups in total. The zero-order chi connectivity index (χ0) is 18.4. The smallest absolute Gasteiger partial charge is 0.275 e. The van der Waals surface area contributed by atoms with Gasteiger partial charge >= 0.3 is 0 Å². The van der Waals surface area contributed by atoms with Gasteiger partial charge in [0.05, 0.1) is 32.8 Å². The number of hydrogen-bond acceptors (Lipinski definition) is 2. The van der Waals surface area contributed by atoms with Crippen LogP contribution in [0.4, 0.5) is 0 Å². The minimum atomic E-state index is 0.0526. The Kier molecular flexibility index (Phi) is 6.46. The van der Waals surface area contributed by atoms with Crippen LogP contribution in [0, 0.1) is 0 Å². The van der Waals surface area contributed by atoms with Gasteiger partial charge in [-0.25, -0.2) is 0 Å². The summed E-state index contributed by atoms with van der Waals surface area (Å²) in [7, 11) is 0. The van der Waals surface area contributed by atoms with Crippen molar-refractivity contribution in [2.75, 3.05) is 52.5 Å². The Balaban J connectivity index is 1.43. The Bertz CT molecular complexity index is 621. The van der Waals surface area contributed by atoms with E-state index >= 15 is 0 Å². The molecule has 1 aromatic carbocycles. The van der Waals surface area contributed by atoms with Crippen molar-refractivity contribution in [3.8, 4) is 0 Å². The number of amides is 1. The van der Waals surface area contributed by atoms with E-state index in [0.29, 0.717) is 6.54 Å². The first kappa shape index (κ1) is 19.1. The van der Waals surface area contributed by atoms with Gasteiger partial charge in [-0.05, 0) is 31.1 Å². The highest BCUT2D eigenvalue weighted by Crippen LogP contribution is 2.17. The summed E-state index contributed by atoms with van der Waals surface area (Å²) < 4.78 is 5.44. The number of benzene rings is 1. The lowest BCUT2D eigenvalue weighted by Gasteiger charge is -2.37. The van der Waals surface area contributed by atoms with Crippen molar-refractivity contribution >= 4 is 11.5 Å². The fourth-order valence-corrected chi connectivity index (χ4v) is 3.89. The molecule has 3 rings (SSSR count). The van der Waals surface area contributed by atoms with Crippen molar-refractivity contribution < 1.29 is 19.3 Å². The average Bonchev–Trinajstić information content (AvgIpc) is 2.68. The van der Waals surface area contributed by atoms with Crippen molar-refractivity contribution in [3.63, 3.8) is 0 Å². The third-order valence-electron chi connectivity index (χ3n) is 5.72. The van der Waals surface area contributed by atoms with Crippen LogP contribution < -0.4 is 15.1 Å². The Labute approximate surface area is 157 Å². The van der Waals surface area contributed by atoms with E-state index in [0.717, 1.165) is 52.4 Å². The molecule has 0 aliphatic carbocycles. The lowest BCUT2D eigenvalue weighted by molar-refractivity contribution is -0.954. The van der Waals surface area contributed by atoms with E-state index in [-0.39, 0.29) is 11.4 Å². The van der Waals surface area contributed by atoms with Gasteiger partial charge in [0.1, 0.15) is 18.6 Å². The predicted octanol–water partition coefficient (Wildman–Crippen LogP) is -0.831. The SMILES string of the molecule is CC(C)(CNC(=O)C[NH+]1CC=C(c2ccccc2)CC1)[NH+]1CCOCC1. The first-order chi connectivity index (χ1) is 12.5. The maximum atomic E-state index is 12.4. The first-order valence-corrected chi connectivity index (χ1v) is 9.82. The molecule has 0 spiro atoms. The molecule has 0 radical (unpaired) electrons. The molecule has 1 amide bonds. The average molecular weight is 360 g/mol. The van der Waals surface area contributed by atoms with Crippen LogP contribution in [0.5, 0.6) is 0 Å². The number of carbonyl (C=O) groups is 1. The molecule has 1 aromatic rings. The zero-order valence-electron chi connectivity index (χ0n) is 16.1. The minimum Gasteiger partial charge on any atom is -0.370 e. The molecule has 2 heterocycles. The number of hydrogen-bond donors (Lipinski definition) is 3. The standard InChI is InChI=1S/C21H31N3O2/c1-21(2,24-12-14-26-15-13-24)17-22-20(25)16-23-10-8-19(9-11-23)18-6-4-3-5-7-18/h3-8H,9-17H2,1-2H3,(H,22,25)/p+2. The van der Waals surface area contributed by atoms with Gasteiger partial charge in [0, 0.05) is 6.42 Å². The summed E-state index contributed by atoms with van der Waals surface area (Å²) in [5.74, 6) is 0.164. The third-order valence-corrected chi connectivity index (χ3v) is 5.72. The normalized spacial score (nSPS) is 21.9. The van der Waals surface area contributed by atoms with E-state index in [4.69, 9.17) is 4.74 Å². The number of nitrogens with one attached hydrogen (secondary N) is 3. The van der Waals surface area contributed by atoms with E-state index in [1.807, 2.05) is 0 Å². The van der Waals surface area contributed by atoms with Gasteiger partial charge in [-0.15, -0.1) is 0 Å². The molecule has 0 saturated carbocycles. The van der Waals surface area contributed by atoms with Gasteiger partial charge in [0.25, 0.3) is 5.91 Å². The molecule has 5 nitrogen and oxygen atoms in total.